The van der Waals surface area contributed by atoms with Gasteiger partial charge in [-0.05, 0) is 11.6 Å². The number of imidazole rings is 1. The lowest BCUT2D eigenvalue weighted by atomic mass is 10.0. The number of aromatic nitrogens is 3. The fourth-order valence-electron chi connectivity index (χ4n) is 5.53. The molecule has 0 saturated heterocycles. The van der Waals surface area contributed by atoms with E-state index < -0.39 is 86.5 Å². The fourth-order valence-corrected chi connectivity index (χ4v) is 5.53. The number of carboxylic acid groups (broad SMARTS) is 3. The summed E-state index contributed by atoms with van der Waals surface area (Å²) in [5, 5.41) is 34.5. The van der Waals surface area contributed by atoms with Gasteiger partial charge in [0.2, 0.25) is 11.8 Å². The topological polar surface area (TPSA) is 277 Å². The third kappa shape index (κ3) is 14.4. The van der Waals surface area contributed by atoms with E-state index in [9.17, 15) is 48.9 Å². The summed E-state index contributed by atoms with van der Waals surface area (Å²) in [5.41, 5.74) is 2.12. The van der Waals surface area contributed by atoms with E-state index in [1.807, 2.05) is 24.3 Å². The molecular formula is C33H44N8O12. The highest BCUT2D eigenvalue weighted by Crippen LogP contribution is 2.19. The Hall–Kier alpha value is -5.86. The second-order valence-corrected chi connectivity index (χ2v) is 12.0. The van der Waals surface area contributed by atoms with Crippen LogP contribution in [0.25, 0.3) is 10.9 Å². The number of benzene rings is 1. The SMILES string of the molecule is COC(=O)[C@H](Cc1cnc[nH]1)NC(=O)CN(CCN(CCN(CC(=O)O)CC(=O)N[C@@H](Cc1c[nH]c2ccccc12)C(=O)OC)CC(=O)O)CC(=O)O. The van der Waals surface area contributed by atoms with E-state index in [4.69, 9.17) is 9.47 Å². The number of ether oxygens (including phenoxy) is 2. The van der Waals surface area contributed by atoms with E-state index in [1.54, 1.807) is 6.20 Å². The number of fused-ring (bicyclic) bond motifs is 1. The first-order chi connectivity index (χ1) is 25.3. The number of H-pyrrole nitrogens is 2. The van der Waals surface area contributed by atoms with Crippen LogP contribution in [0.2, 0.25) is 0 Å². The van der Waals surface area contributed by atoms with Crippen LogP contribution in [0.3, 0.4) is 0 Å². The normalized spacial score (nSPS) is 12.4. The first-order valence-corrected chi connectivity index (χ1v) is 16.4. The monoisotopic (exact) mass is 744 g/mol. The van der Waals surface area contributed by atoms with E-state index in [-0.39, 0.29) is 39.0 Å². The summed E-state index contributed by atoms with van der Waals surface area (Å²) in [7, 11) is 2.33. The molecule has 20 nitrogen and oxygen atoms in total. The number of para-hydroxylation sites is 1. The lowest BCUT2D eigenvalue weighted by molar-refractivity contribution is -0.145. The number of esters is 2. The van der Waals surface area contributed by atoms with Crippen LogP contribution in [0.1, 0.15) is 11.3 Å². The maximum atomic E-state index is 13.1. The van der Waals surface area contributed by atoms with Crippen LogP contribution in [-0.4, -0.2) is 172 Å². The Bertz CT molecular complexity index is 1710. The van der Waals surface area contributed by atoms with E-state index in [2.05, 4.69) is 25.6 Å². The second kappa shape index (κ2) is 20.9. The molecule has 20 heteroatoms. The molecule has 0 aliphatic carbocycles. The van der Waals surface area contributed by atoms with E-state index in [0.29, 0.717) is 5.69 Å². The number of amides is 2. The molecule has 53 heavy (non-hydrogen) atoms. The van der Waals surface area contributed by atoms with Crippen molar-refractivity contribution in [2.75, 3.05) is 73.1 Å². The maximum Gasteiger partial charge on any atom is 0.328 e. The number of hydrogen-bond acceptors (Lipinski definition) is 13. The highest BCUT2D eigenvalue weighted by Gasteiger charge is 2.27. The summed E-state index contributed by atoms with van der Waals surface area (Å²) in [4.78, 5) is 99.6. The molecule has 288 valence electrons. The van der Waals surface area contributed by atoms with Gasteiger partial charge in [-0.3, -0.25) is 38.7 Å². The number of carboxylic acids is 3. The summed E-state index contributed by atoms with van der Waals surface area (Å²) in [5.74, 6) is -6.57. The van der Waals surface area contributed by atoms with E-state index >= 15 is 0 Å². The number of carbonyl (C=O) groups is 7. The van der Waals surface area contributed by atoms with Gasteiger partial charge in [0.25, 0.3) is 0 Å². The Kier molecular flexibility index (Phi) is 16.4. The van der Waals surface area contributed by atoms with E-state index in [1.165, 1.54) is 34.3 Å². The lowest BCUT2D eigenvalue weighted by Crippen LogP contribution is -2.50. The number of rotatable bonds is 24. The van der Waals surface area contributed by atoms with E-state index in [0.717, 1.165) is 23.6 Å². The highest BCUT2D eigenvalue weighted by molar-refractivity contribution is 5.88. The van der Waals surface area contributed by atoms with Crippen molar-refractivity contribution < 1.29 is 58.4 Å². The third-order valence-electron chi connectivity index (χ3n) is 8.00. The predicted octanol–water partition coefficient (Wildman–Crippen LogP) is -1.85. The molecule has 0 fully saturated rings. The zero-order valence-corrected chi connectivity index (χ0v) is 29.3. The summed E-state index contributed by atoms with van der Waals surface area (Å²) in [6.45, 7) is -2.98. The molecular weight excluding hydrogens is 700 g/mol. The van der Waals surface area contributed by atoms with Gasteiger partial charge in [-0.15, -0.1) is 0 Å². The molecule has 0 saturated carbocycles. The molecule has 2 amide bonds. The molecule has 0 spiro atoms. The average Bonchev–Trinajstić information content (AvgIpc) is 3.77. The van der Waals surface area contributed by atoms with Crippen molar-refractivity contribution in [3.63, 3.8) is 0 Å². The summed E-state index contributed by atoms with van der Waals surface area (Å²) in [6.07, 6.45) is 4.69. The zero-order valence-electron chi connectivity index (χ0n) is 29.3. The summed E-state index contributed by atoms with van der Waals surface area (Å²) in [6, 6.07) is 5.20. The number of methoxy groups -OCH3 is 2. The van der Waals surface area contributed by atoms with Gasteiger partial charge >= 0.3 is 29.8 Å². The maximum absolute atomic E-state index is 13.1. The summed E-state index contributed by atoms with van der Waals surface area (Å²) < 4.78 is 9.65. The first-order valence-electron chi connectivity index (χ1n) is 16.4. The lowest BCUT2D eigenvalue weighted by Gasteiger charge is -2.28. The van der Waals surface area contributed by atoms with Crippen molar-refractivity contribution >= 4 is 52.6 Å². The van der Waals surface area contributed by atoms with Crippen LogP contribution in [0.5, 0.6) is 0 Å². The molecule has 7 N–H and O–H groups in total. The molecule has 2 heterocycles. The zero-order chi connectivity index (χ0) is 38.9. The van der Waals surface area contributed by atoms with Crippen molar-refractivity contribution in [2.45, 2.75) is 24.9 Å². The Morgan fingerprint density at radius 2 is 1.19 bits per heavy atom. The van der Waals surface area contributed by atoms with Crippen LogP contribution < -0.4 is 10.6 Å². The minimum Gasteiger partial charge on any atom is -0.480 e. The molecule has 2 aromatic heterocycles. The molecule has 3 aromatic rings. The van der Waals surface area contributed by atoms with Crippen molar-refractivity contribution in [2.24, 2.45) is 0 Å². The Morgan fingerprint density at radius 1 is 0.698 bits per heavy atom. The number of aromatic amines is 2. The largest absolute Gasteiger partial charge is 0.480 e. The van der Waals surface area contributed by atoms with Gasteiger partial charge in [0.15, 0.2) is 0 Å². The van der Waals surface area contributed by atoms with Crippen LogP contribution in [-0.2, 0) is 55.9 Å². The number of nitrogens with one attached hydrogen (secondary N) is 4. The third-order valence-corrected chi connectivity index (χ3v) is 8.00. The van der Waals surface area contributed by atoms with Gasteiger partial charge in [0.1, 0.15) is 12.1 Å². The van der Waals surface area contributed by atoms with Crippen LogP contribution >= 0.6 is 0 Å². The number of carbonyl (C=O) groups excluding carboxylic acids is 4. The van der Waals surface area contributed by atoms with Crippen LogP contribution in [0.15, 0.2) is 43.0 Å². The molecule has 0 aliphatic rings. The molecule has 0 bridgehead atoms. The van der Waals surface area contributed by atoms with Crippen molar-refractivity contribution in [1.29, 1.82) is 0 Å². The quantitative estimate of drug-likeness (QED) is 0.0496. The van der Waals surface area contributed by atoms with Gasteiger partial charge in [0.05, 0.1) is 53.3 Å². The standard InChI is InChI=1S/C33H44N8O12/c1-52-32(50)25(11-21-13-35-24-6-4-3-5-23(21)24)37-27(42)15-40(18-30(46)47)9-7-39(17-29(44)45)8-10-41(19-31(48)49)16-28(43)38-26(33(51)53-2)12-22-14-34-20-36-22/h3-6,13-14,20,25-26,35H,7-12,15-19H2,1-2H3,(H,34,36)(H,37,42)(H,38,43)(H,44,45)(H,46,47)(H,48,49)/t25-,26-/m0/s1. The van der Waals surface area contributed by atoms with Crippen molar-refractivity contribution in [3.8, 4) is 0 Å². The van der Waals surface area contributed by atoms with Crippen molar-refractivity contribution in [3.05, 3.63) is 54.2 Å². The number of aliphatic carboxylic acids is 3. The number of hydrogen-bond donors (Lipinski definition) is 7. The Morgan fingerprint density at radius 3 is 1.68 bits per heavy atom. The molecule has 1 aromatic carbocycles. The Labute approximate surface area is 303 Å². The Balaban J connectivity index is 1.63. The minimum absolute atomic E-state index is 0.0298. The van der Waals surface area contributed by atoms with Gasteiger partial charge in [-0.1, -0.05) is 18.2 Å². The van der Waals surface area contributed by atoms with Gasteiger partial charge < -0.3 is 45.4 Å². The molecule has 0 unspecified atom stereocenters. The van der Waals surface area contributed by atoms with Crippen LogP contribution in [0, 0.1) is 0 Å². The molecule has 0 aliphatic heterocycles. The minimum atomic E-state index is -1.27. The number of nitrogens with zero attached hydrogens (tertiary/aromatic N) is 4. The highest BCUT2D eigenvalue weighted by atomic mass is 16.5. The molecule has 2 atom stereocenters. The van der Waals surface area contributed by atoms with Crippen LogP contribution in [0.4, 0.5) is 0 Å². The van der Waals surface area contributed by atoms with Gasteiger partial charge in [0, 0.05) is 68.0 Å². The average molecular weight is 745 g/mol. The molecule has 3 rings (SSSR count). The van der Waals surface area contributed by atoms with Gasteiger partial charge in [-0.25, -0.2) is 14.6 Å². The predicted molar refractivity (Wildman–Crippen MR) is 184 cm³/mol. The summed E-state index contributed by atoms with van der Waals surface area (Å²) >= 11 is 0. The molecule has 0 radical (unpaired) electrons. The second-order valence-electron chi connectivity index (χ2n) is 12.0. The fraction of sp³-hybridized carbons (Fsp3) is 0.455. The van der Waals surface area contributed by atoms with Gasteiger partial charge in [-0.2, -0.15) is 0 Å². The first kappa shape index (κ1) is 41.6. The smallest absolute Gasteiger partial charge is 0.328 e. The van der Waals surface area contributed by atoms with Crippen molar-refractivity contribution in [1.82, 2.24) is 40.3 Å².